The first kappa shape index (κ1) is 22.7. The van der Waals surface area contributed by atoms with Crippen molar-refractivity contribution in [1.82, 2.24) is 4.72 Å². The van der Waals surface area contributed by atoms with Gasteiger partial charge in [-0.25, -0.2) is 8.42 Å². The van der Waals surface area contributed by atoms with Gasteiger partial charge in [0.1, 0.15) is 0 Å². The SMILES string of the molecule is CCc1cccc(CC)c1NC(=O)[C@@H](C)NS(=O)(=O)c1ccc(OC)c(OC)c1. The van der Waals surface area contributed by atoms with Gasteiger partial charge in [-0.2, -0.15) is 4.72 Å². The third kappa shape index (κ3) is 5.27. The number of para-hydroxylation sites is 1. The average molecular weight is 421 g/mol. The Kier molecular flexibility index (Phi) is 7.64. The molecule has 1 atom stereocenters. The lowest BCUT2D eigenvalue weighted by Crippen LogP contribution is -2.41. The van der Waals surface area contributed by atoms with E-state index in [1.807, 2.05) is 32.0 Å². The second kappa shape index (κ2) is 9.76. The number of ether oxygens (including phenoxy) is 2. The Morgan fingerprint density at radius 3 is 2.10 bits per heavy atom. The van der Waals surface area contributed by atoms with Crippen LogP contribution >= 0.6 is 0 Å². The minimum absolute atomic E-state index is 0.0157. The highest BCUT2D eigenvalue weighted by Gasteiger charge is 2.24. The van der Waals surface area contributed by atoms with Gasteiger partial charge in [0.15, 0.2) is 11.5 Å². The maximum Gasteiger partial charge on any atom is 0.242 e. The van der Waals surface area contributed by atoms with E-state index >= 15 is 0 Å². The summed E-state index contributed by atoms with van der Waals surface area (Å²) in [4.78, 5) is 12.7. The Morgan fingerprint density at radius 2 is 1.59 bits per heavy atom. The number of rotatable bonds is 9. The highest BCUT2D eigenvalue weighted by atomic mass is 32.2. The van der Waals surface area contributed by atoms with E-state index in [-0.39, 0.29) is 10.6 Å². The zero-order valence-electron chi connectivity index (χ0n) is 17.4. The van der Waals surface area contributed by atoms with Gasteiger partial charge < -0.3 is 14.8 Å². The summed E-state index contributed by atoms with van der Waals surface area (Å²) in [5, 5.41) is 2.89. The molecule has 0 fully saturated rings. The second-order valence-corrected chi connectivity index (χ2v) is 8.22. The van der Waals surface area contributed by atoms with Gasteiger partial charge in [-0.15, -0.1) is 0 Å². The average Bonchev–Trinajstić information content (AvgIpc) is 2.72. The number of amides is 1. The Balaban J connectivity index is 2.21. The number of anilines is 1. The molecule has 1 amide bonds. The van der Waals surface area contributed by atoms with Gasteiger partial charge in [-0.05, 0) is 43.0 Å². The van der Waals surface area contributed by atoms with Crippen molar-refractivity contribution in [3.8, 4) is 11.5 Å². The maximum atomic E-state index is 12.7. The number of carbonyl (C=O) groups is 1. The van der Waals surface area contributed by atoms with Crippen molar-refractivity contribution in [2.24, 2.45) is 0 Å². The van der Waals surface area contributed by atoms with E-state index in [9.17, 15) is 13.2 Å². The first-order chi connectivity index (χ1) is 13.8. The molecule has 0 aliphatic carbocycles. The Morgan fingerprint density at radius 1 is 1.00 bits per heavy atom. The van der Waals surface area contributed by atoms with E-state index in [0.29, 0.717) is 5.75 Å². The van der Waals surface area contributed by atoms with Gasteiger partial charge in [0, 0.05) is 11.8 Å². The van der Waals surface area contributed by atoms with Crippen molar-refractivity contribution in [1.29, 1.82) is 0 Å². The molecule has 2 rings (SSSR count). The molecular weight excluding hydrogens is 392 g/mol. The number of benzene rings is 2. The van der Waals surface area contributed by atoms with Gasteiger partial charge >= 0.3 is 0 Å². The number of methoxy groups -OCH3 is 2. The summed E-state index contributed by atoms with van der Waals surface area (Å²) in [7, 11) is -1.04. The van der Waals surface area contributed by atoms with Crippen molar-refractivity contribution in [3.05, 3.63) is 47.5 Å². The number of hydrogen-bond acceptors (Lipinski definition) is 5. The molecule has 2 aromatic rings. The largest absolute Gasteiger partial charge is 0.493 e. The molecule has 0 aromatic heterocycles. The zero-order valence-corrected chi connectivity index (χ0v) is 18.2. The van der Waals surface area contributed by atoms with Crippen molar-refractivity contribution in [2.75, 3.05) is 19.5 Å². The third-order valence-electron chi connectivity index (χ3n) is 4.64. The van der Waals surface area contributed by atoms with Gasteiger partial charge in [0.25, 0.3) is 0 Å². The minimum Gasteiger partial charge on any atom is -0.493 e. The fourth-order valence-corrected chi connectivity index (χ4v) is 4.19. The minimum atomic E-state index is -3.93. The first-order valence-corrected chi connectivity index (χ1v) is 10.9. The van der Waals surface area contributed by atoms with Crippen LogP contribution in [0.25, 0.3) is 0 Å². The van der Waals surface area contributed by atoms with Crippen LogP contribution in [-0.4, -0.2) is 34.6 Å². The molecule has 2 aromatic carbocycles. The number of carbonyl (C=O) groups excluding carboxylic acids is 1. The molecular formula is C21H28N2O5S. The predicted octanol–water partition coefficient (Wildman–Crippen LogP) is 3.13. The van der Waals surface area contributed by atoms with Crippen LogP contribution in [-0.2, 0) is 27.7 Å². The number of nitrogens with one attached hydrogen (secondary N) is 2. The first-order valence-electron chi connectivity index (χ1n) is 9.43. The maximum absolute atomic E-state index is 12.7. The van der Waals surface area contributed by atoms with Crippen LogP contribution in [0.4, 0.5) is 5.69 Å². The zero-order chi connectivity index (χ0) is 21.6. The molecule has 0 spiro atoms. The molecule has 2 N–H and O–H groups in total. The van der Waals surface area contributed by atoms with Crippen molar-refractivity contribution in [2.45, 2.75) is 44.6 Å². The van der Waals surface area contributed by atoms with E-state index < -0.39 is 22.0 Å². The van der Waals surface area contributed by atoms with E-state index in [0.717, 1.165) is 29.7 Å². The molecule has 0 saturated carbocycles. The van der Waals surface area contributed by atoms with Gasteiger partial charge in [0.05, 0.1) is 25.2 Å². The monoisotopic (exact) mass is 420 g/mol. The molecule has 7 nitrogen and oxygen atoms in total. The Bertz CT molecular complexity index is 951. The number of aryl methyl sites for hydroxylation is 2. The van der Waals surface area contributed by atoms with Crippen molar-refractivity contribution in [3.63, 3.8) is 0 Å². The summed E-state index contributed by atoms with van der Waals surface area (Å²) >= 11 is 0. The fourth-order valence-electron chi connectivity index (χ4n) is 2.97. The van der Waals surface area contributed by atoms with Crippen LogP contribution in [0, 0.1) is 0 Å². The van der Waals surface area contributed by atoms with E-state index in [2.05, 4.69) is 10.0 Å². The molecule has 0 saturated heterocycles. The summed E-state index contributed by atoms with van der Waals surface area (Å²) in [5.74, 6) is 0.280. The molecule has 29 heavy (non-hydrogen) atoms. The van der Waals surface area contributed by atoms with Gasteiger partial charge in [-0.1, -0.05) is 32.0 Å². The summed E-state index contributed by atoms with van der Waals surface area (Å²) in [6, 6.07) is 9.14. The molecule has 8 heteroatoms. The van der Waals surface area contributed by atoms with Crippen LogP contribution in [0.3, 0.4) is 0 Å². The van der Waals surface area contributed by atoms with Crippen molar-refractivity contribution < 1.29 is 22.7 Å². The molecule has 0 heterocycles. The molecule has 158 valence electrons. The Labute approximate surface area is 172 Å². The third-order valence-corrected chi connectivity index (χ3v) is 6.18. The topological polar surface area (TPSA) is 93.7 Å². The summed E-state index contributed by atoms with van der Waals surface area (Å²) < 4.78 is 38.2. The summed E-state index contributed by atoms with van der Waals surface area (Å²) in [5.41, 5.74) is 2.76. The van der Waals surface area contributed by atoms with Gasteiger partial charge in [-0.3, -0.25) is 4.79 Å². The molecule has 0 unspecified atom stereocenters. The smallest absolute Gasteiger partial charge is 0.242 e. The van der Waals surface area contributed by atoms with Gasteiger partial charge in [0.2, 0.25) is 15.9 Å². The van der Waals surface area contributed by atoms with Crippen LogP contribution in [0.5, 0.6) is 11.5 Å². The lowest BCUT2D eigenvalue weighted by atomic mass is 10.0. The lowest BCUT2D eigenvalue weighted by Gasteiger charge is -2.18. The van der Waals surface area contributed by atoms with Crippen LogP contribution in [0.15, 0.2) is 41.3 Å². The van der Waals surface area contributed by atoms with E-state index in [1.165, 1.54) is 39.3 Å². The number of hydrogen-bond donors (Lipinski definition) is 2. The van der Waals surface area contributed by atoms with E-state index in [1.54, 1.807) is 0 Å². The van der Waals surface area contributed by atoms with Crippen molar-refractivity contribution >= 4 is 21.6 Å². The summed E-state index contributed by atoms with van der Waals surface area (Å²) in [6.07, 6.45) is 1.52. The predicted molar refractivity (Wildman–Crippen MR) is 113 cm³/mol. The molecule has 0 aliphatic heterocycles. The molecule has 0 bridgehead atoms. The number of sulfonamides is 1. The Hall–Kier alpha value is -2.58. The van der Waals surface area contributed by atoms with Crippen LogP contribution in [0.2, 0.25) is 0 Å². The highest BCUT2D eigenvalue weighted by molar-refractivity contribution is 7.89. The van der Waals surface area contributed by atoms with Crippen LogP contribution < -0.4 is 19.5 Å². The summed E-state index contributed by atoms with van der Waals surface area (Å²) in [6.45, 7) is 5.52. The normalized spacial score (nSPS) is 12.3. The highest BCUT2D eigenvalue weighted by Crippen LogP contribution is 2.29. The lowest BCUT2D eigenvalue weighted by molar-refractivity contribution is -0.117. The standard InChI is InChI=1S/C21H28N2O5S/c1-6-15-9-8-10-16(7-2)20(15)22-21(24)14(3)23-29(25,26)17-11-12-18(27-4)19(13-17)28-5/h8-14,23H,6-7H2,1-5H3,(H,22,24)/t14-/m1/s1. The fraction of sp³-hybridized carbons (Fsp3) is 0.381. The molecule has 0 aliphatic rings. The second-order valence-electron chi connectivity index (χ2n) is 6.51. The van der Waals surface area contributed by atoms with E-state index in [4.69, 9.17) is 9.47 Å². The van der Waals surface area contributed by atoms with Crippen LogP contribution in [0.1, 0.15) is 31.9 Å². The quantitative estimate of drug-likeness (QED) is 0.650. The molecule has 0 radical (unpaired) electrons.